The van der Waals surface area contributed by atoms with Gasteiger partial charge in [-0.25, -0.2) is 0 Å². The van der Waals surface area contributed by atoms with E-state index in [1.165, 1.54) is 19.3 Å². The zero-order valence-corrected chi connectivity index (χ0v) is 13.1. The van der Waals surface area contributed by atoms with Crippen LogP contribution in [0.4, 0.5) is 5.95 Å². The van der Waals surface area contributed by atoms with E-state index in [-0.39, 0.29) is 0 Å². The minimum absolute atomic E-state index is 0.400. The van der Waals surface area contributed by atoms with Gasteiger partial charge in [0.15, 0.2) is 0 Å². The highest BCUT2D eigenvalue weighted by molar-refractivity contribution is 9.10. The molecule has 0 atom stereocenters. The van der Waals surface area contributed by atoms with Gasteiger partial charge in [0.1, 0.15) is 0 Å². The summed E-state index contributed by atoms with van der Waals surface area (Å²) in [7, 11) is 0. The highest BCUT2D eigenvalue weighted by Crippen LogP contribution is 2.21. The van der Waals surface area contributed by atoms with Crippen LogP contribution in [0.1, 0.15) is 30.7 Å². The largest absolute Gasteiger partial charge is 0.338 e. The molecule has 0 N–H and O–H groups in total. The summed E-state index contributed by atoms with van der Waals surface area (Å²) in [5.74, 6) is 1.01. The Bertz CT molecular complexity index is 601. The summed E-state index contributed by atoms with van der Waals surface area (Å²) in [6, 6.07) is 0. The Morgan fingerprint density at radius 3 is 2.05 bits per heavy atom. The molecule has 0 bridgehead atoms. The molecule has 7 nitrogen and oxygen atoms in total. The molecular formula is C12H16BrN7. The molecule has 0 amide bonds. The van der Waals surface area contributed by atoms with Crippen molar-refractivity contribution in [3.8, 4) is 5.95 Å². The average molecular weight is 338 g/mol. The number of anilines is 1. The first kappa shape index (κ1) is 13.4. The van der Waals surface area contributed by atoms with Crippen molar-refractivity contribution in [3.63, 3.8) is 0 Å². The molecule has 3 heterocycles. The van der Waals surface area contributed by atoms with Crippen LogP contribution in [0.3, 0.4) is 0 Å². The van der Waals surface area contributed by atoms with Crippen molar-refractivity contribution in [2.75, 3.05) is 18.0 Å². The normalized spacial score (nSPS) is 15.7. The lowest BCUT2D eigenvalue weighted by molar-refractivity contribution is 0.558. The first-order chi connectivity index (χ1) is 9.66. The van der Waals surface area contributed by atoms with Crippen molar-refractivity contribution in [1.29, 1.82) is 0 Å². The molecule has 1 aliphatic heterocycles. The van der Waals surface area contributed by atoms with E-state index in [4.69, 9.17) is 0 Å². The van der Waals surface area contributed by atoms with Crippen LogP contribution in [0.5, 0.6) is 0 Å². The lowest BCUT2D eigenvalue weighted by Gasteiger charge is -2.25. The fourth-order valence-corrected chi connectivity index (χ4v) is 2.59. The number of aryl methyl sites for hydroxylation is 1. The molecule has 8 heteroatoms. The van der Waals surface area contributed by atoms with Crippen LogP contribution in [0.2, 0.25) is 0 Å². The Morgan fingerprint density at radius 1 is 0.900 bits per heavy atom. The Hall–Kier alpha value is -1.57. The number of aromatic nitrogens is 6. The second kappa shape index (κ2) is 5.43. The topological polar surface area (TPSA) is 72.6 Å². The molecule has 0 saturated carbocycles. The van der Waals surface area contributed by atoms with E-state index in [0.717, 1.165) is 29.0 Å². The second-order valence-electron chi connectivity index (χ2n) is 4.94. The van der Waals surface area contributed by atoms with Crippen LogP contribution in [0.25, 0.3) is 5.95 Å². The first-order valence-electron chi connectivity index (χ1n) is 6.71. The summed E-state index contributed by atoms with van der Waals surface area (Å²) >= 11 is 3.49. The maximum absolute atomic E-state index is 4.37. The van der Waals surface area contributed by atoms with Crippen molar-refractivity contribution >= 4 is 21.9 Å². The van der Waals surface area contributed by atoms with Crippen LogP contribution in [-0.2, 0) is 0 Å². The number of halogens is 1. The average Bonchev–Trinajstić information content (AvgIpc) is 2.76. The molecule has 106 valence electrons. The summed E-state index contributed by atoms with van der Waals surface area (Å²) in [5.41, 5.74) is 1.84. The highest BCUT2D eigenvalue weighted by Gasteiger charge is 2.17. The van der Waals surface area contributed by atoms with Gasteiger partial charge >= 0.3 is 0 Å². The number of rotatable bonds is 2. The molecule has 3 rings (SSSR count). The second-order valence-corrected chi connectivity index (χ2v) is 5.74. The minimum atomic E-state index is 0.400. The van der Waals surface area contributed by atoms with E-state index in [1.54, 1.807) is 4.68 Å². The van der Waals surface area contributed by atoms with Crippen LogP contribution in [0, 0.1) is 13.8 Å². The molecule has 0 radical (unpaired) electrons. The van der Waals surface area contributed by atoms with Crippen molar-refractivity contribution in [1.82, 2.24) is 30.2 Å². The van der Waals surface area contributed by atoms with E-state index in [0.29, 0.717) is 11.9 Å². The van der Waals surface area contributed by atoms with E-state index in [9.17, 15) is 0 Å². The van der Waals surface area contributed by atoms with Gasteiger partial charge in [0.25, 0.3) is 11.9 Å². The van der Waals surface area contributed by atoms with Crippen LogP contribution in [-0.4, -0.2) is 43.3 Å². The SMILES string of the molecule is Cc1nn(-c2nnc(N3CCCCC3)nn2)c(C)c1Br. The van der Waals surface area contributed by atoms with Crippen molar-refractivity contribution < 1.29 is 0 Å². The Balaban J connectivity index is 1.87. The van der Waals surface area contributed by atoms with Crippen LogP contribution in [0.15, 0.2) is 4.47 Å². The van der Waals surface area contributed by atoms with E-state index < -0.39 is 0 Å². The third-order valence-corrected chi connectivity index (χ3v) is 4.64. The molecule has 2 aromatic heterocycles. The predicted octanol–water partition coefficient (Wildman–Crippen LogP) is 1.82. The van der Waals surface area contributed by atoms with Gasteiger partial charge in [-0.3, -0.25) is 0 Å². The van der Waals surface area contributed by atoms with Gasteiger partial charge < -0.3 is 4.90 Å². The first-order valence-corrected chi connectivity index (χ1v) is 7.50. The molecule has 0 unspecified atom stereocenters. The van der Waals surface area contributed by atoms with Gasteiger partial charge in [-0.2, -0.15) is 9.78 Å². The zero-order chi connectivity index (χ0) is 14.1. The molecule has 1 saturated heterocycles. The van der Waals surface area contributed by atoms with Crippen molar-refractivity contribution in [2.45, 2.75) is 33.1 Å². The number of hydrogen-bond acceptors (Lipinski definition) is 6. The third-order valence-electron chi connectivity index (χ3n) is 3.49. The highest BCUT2D eigenvalue weighted by atomic mass is 79.9. The Labute approximate surface area is 125 Å². The van der Waals surface area contributed by atoms with Gasteiger partial charge in [-0.05, 0) is 49.0 Å². The molecule has 1 fully saturated rings. The maximum Gasteiger partial charge on any atom is 0.289 e. The monoisotopic (exact) mass is 337 g/mol. The molecular weight excluding hydrogens is 322 g/mol. The quantitative estimate of drug-likeness (QED) is 0.832. The van der Waals surface area contributed by atoms with Crippen molar-refractivity contribution in [3.05, 3.63) is 15.9 Å². The van der Waals surface area contributed by atoms with Crippen molar-refractivity contribution in [2.24, 2.45) is 0 Å². The molecule has 1 aliphatic rings. The molecule has 2 aromatic rings. The van der Waals surface area contributed by atoms with Gasteiger partial charge in [0, 0.05) is 13.1 Å². The summed E-state index contributed by atoms with van der Waals surface area (Å²) in [5, 5.41) is 21.1. The summed E-state index contributed by atoms with van der Waals surface area (Å²) < 4.78 is 2.61. The van der Waals surface area contributed by atoms with E-state index in [1.807, 2.05) is 13.8 Å². The van der Waals surface area contributed by atoms with Gasteiger partial charge in [0.2, 0.25) is 0 Å². The smallest absolute Gasteiger partial charge is 0.289 e. The summed E-state index contributed by atoms with van der Waals surface area (Å²) in [4.78, 5) is 2.13. The number of nitrogens with zero attached hydrogens (tertiary/aromatic N) is 7. The summed E-state index contributed by atoms with van der Waals surface area (Å²) in [6.07, 6.45) is 3.63. The lowest BCUT2D eigenvalue weighted by atomic mass is 10.1. The molecule has 20 heavy (non-hydrogen) atoms. The predicted molar refractivity (Wildman–Crippen MR) is 78.0 cm³/mol. The summed E-state index contributed by atoms with van der Waals surface area (Å²) in [6.45, 7) is 5.84. The zero-order valence-electron chi connectivity index (χ0n) is 11.5. The fraction of sp³-hybridized carbons (Fsp3) is 0.583. The third kappa shape index (κ3) is 2.39. The van der Waals surface area contributed by atoms with Gasteiger partial charge in [0.05, 0.1) is 15.9 Å². The minimum Gasteiger partial charge on any atom is -0.338 e. The standard InChI is InChI=1S/C12H16BrN7/c1-8-10(13)9(2)20(18-8)12-16-14-11(15-17-12)19-6-4-3-5-7-19/h3-7H2,1-2H3. The van der Waals surface area contributed by atoms with E-state index >= 15 is 0 Å². The Kier molecular flexibility index (Phi) is 3.64. The maximum atomic E-state index is 4.37. The number of hydrogen-bond donors (Lipinski definition) is 0. The van der Waals surface area contributed by atoms with E-state index in [2.05, 4.69) is 46.3 Å². The van der Waals surface area contributed by atoms with Gasteiger partial charge in [-0.15, -0.1) is 20.4 Å². The van der Waals surface area contributed by atoms with Gasteiger partial charge in [-0.1, -0.05) is 0 Å². The number of piperidine rings is 1. The van der Waals surface area contributed by atoms with Crippen LogP contribution < -0.4 is 4.90 Å². The Morgan fingerprint density at radius 2 is 1.50 bits per heavy atom. The van der Waals surface area contributed by atoms with Crippen LogP contribution >= 0.6 is 15.9 Å². The fourth-order valence-electron chi connectivity index (χ4n) is 2.34. The lowest BCUT2D eigenvalue weighted by Crippen LogP contribution is -2.31. The molecule has 0 aliphatic carbocycles. The molecule has 0 aromatic carbocycles. The molecule has 0 spiro atoms.